The molecule has 2 N–H and O–H groups in total. The molecule has 1 aliphatic rings. The first-order valence-corrected chi connectivity index (χ1v) is 7.84. The SMILES string of the molecule is Cc1nc2cc(NS(=O)(=O)N3CCNCC3)ccc2o1. The maximum atomic E-state index is 12.2. The monoisotopic (exact) mass is 296 g/mol. The van der Waals surface area contributed by atoms with E-state index in [-0.39, 0.29) is 0 Å². The van der Waals surface area contributed by atoms with Crippen LogP contribution in [0.3, 0.4) is 0 Å². The molecule has 0 unspecified atom stereocenters. The third-order valence-electron chi connectivity index (χ3n) is 3.16. The Morgan fingerprint density at radius 1 is 1.35 bits per heavy atom. The van der Waals surface area contributed by atoms with Crippen LogP contribution in [0.4, 0.5) is 5.69 Å². The van der Waals surface area contributed by atoms with Crippen LogP contribution in [0.15, 0.2) is 22.6 Å². The van der Waals surface area contributed by atoms with Crippen molar-refractivity contribution in [2.45, 2.75) is 6.92 Å². The summed E-state index contributed by atoms with van der Waals surface area (Å²) in [5, 5.41) is 3.12. The Morgan fingerprint density at radius 2 is 2.10 bits per heavy atom. The average Bonchev–Trinajstić information content (AvgIpc) is 2.79. The fourth-order valence-corrected chi connectivity index (χ4v) is 3.42. The van der Waals surface area contributed by atoms with Gasteiger partial charge >= 0.3 is 10.2 Å². The van der Waals surface area contributed by atoms with Gasteiger partial charge in [-0.25, -0.2) is 4.98 Å². The zero-order chi connectivity index (χ0) is 14.2. The molecule has 1 saturated heterocycles. The molecule has 1 aromatic heterocycles. The van der Waals surface area contributed by atoms with E-state index in [1.54, 1.807) is 25.1 Å². The highest BCUT2D eigenvalue weighted by molar-refractivity contribution is 7.90. The van der Waals surface area contributed by atoms with Gasteiger partial charge in [0.05, 0.1) is 5.69 Å². The first-order valence-electron chi connectivity index (χ1n) is 6.40. The number of hydrogen-bond donors (Lipinski definition) is 2. The lowest BCUT2D eigenvalue weighted by atomic mass is 10.3. The van der Waals surface area contributed by atoms with E-state index in [4.69, 9.17) is 4.42 Å². The quantitative estimate of drug-likeness (QED) is 0.870. The van der Waals surface area contributed by atoms with Crippen LogP contribution in [0.2, 0.25) is 0 Å². The van der Waals surface area contributed by atoms with Crippen LogP contribution in [0.25, 0.3) is 11.1 Å². The molecule has 1 fully saturated rings. The van der Waals surface area contributed by atoms with Crippen LogP contribution >= 0.6 is 0 Å². The number of nitrogens with zero attached hydrogens (tertiary/aromatic N) is 2. The second kappa shape index (κ2) is 5.04. The Hall–Kier alpha value is -1.64. The summed E-state index contributed by atoms with van der Waals surface area (Å²) in [5.74, 6) is 0.558. The van der Waals surface area contributed by atoms with Crippen molar-refractivity contribution >= 4 is 27.0 Å². The third-order valence-corrected chi connectivity index (χ3v) is 4.70. The summed E-state index contributed by atoms with van der Waals surface area (Å²) in [4.78, 5) is 4.19. The van der Waals surface area contributed by atoms with Crippen molar-refractivity contribution in [3.05, 3.63) is 24.1 Å². The molecule has 3 rings (SSSR count). The second-order valence-corrected chi connectivity index (χ2v) is 6.34. The number of aromatic nitrogens is 1. The van der Waals surface area contributed by atoms with E-state index >= 15 is 0 Å². The number of benzene rings is 1. The molecule has 0 spiro atoms. The minimum atomic E-state index is -3.51. The summed E-state index contributed by atoms with van der Waals surface area (Å²) in [6.45, 7) is 4.04. The molecule has 2 heterocycles. The van der Waals surface area contributed by atoms with Crippen LogP contribution in [-0.2, 0) is 10.2 Å². The number of piperazine rings is 1. The van der Waals surface area contributed by atoms with Crippen molar-refractivity contribution in [2.75, 3.05) is 30.9 Å². The van der Waals surface area contributed by atoms with Gasteiger partial charge in [0.1, 0.15) is 5.52 Å². The van der Waals surface area contributed by atoms with E-state index in [9.17, 15) is 8.42 Å². The molecule has 0 radical (unpaired) electrons. The summed E-state index contributed by atoms with van der Waals surface area (Å²) >= 11 is 0. The van der Waals surface area contributed by atoms with Crippen LogP contribution in [0, 0.1) is 6.92 Å². The molecule has 1 aromatic carbocycles. The van der Waals surface area contributed by atoms with Crippen molar-refractivity contribution in [3.63, 3.8) is 0 Å². The van der Waals surface area contributed by atoms with E-state index in [0.717, 1.165) is 0 Å². The Morgan fingerprint density at radius 3 is 2.85 bits per heavy atom. The topological polar surface area (TPSA) is 87.5 Å². The molecule has 0 aliphatic carbocycles. The summed E-state index contributed by atoms with van der Waals surface area (Å²) in [6, 6.07) is 5.06. The van der Waals surface area contributed by atoms with Gasteiger partial charge in [0, 0.05) is 33.1 Å². The van der Waals surface area contributed by atoms with Gasteiger partial charge in [0.2, 0.25) is 0 Å². The summed E-state index contributed by atoms with van der Waals surface area (Å²) in [5.41, 5.74) is 1.78. The molecule has 0 bridgehead atoms. The van der Waals surface area contributed by atoms with Gasteiger partial charge in [0.25, 0.3) is 0 Å². The van der Waals surface area contributed by atoms with Gasteiger partial charge in [-0.2, -0.15) is 12.7 Å². The third kappa shape index (κ3) is 2.62. The summed E-state index contributed by atoms with van der Waals surface area (Å²) < 4.78 is 33.9. The zero-order valence-electron chi connectivity index (χ0n) is 11.1. The largest absolute Gasteiger partial charge is 0.441 e. The molecular weight excluding hydrogens is 280 g/mol. The van der Waals surface area contributed by atoms with E-state index in [0.29, 0.717) is 48.9 Å². The number of fused-ring (bicyclic) bond motifs is 1. The van der Waals surface area contributed by atoms with E-state index < -0.39 is 10.2 Å². The van der Waals surface area contributed by atoms with Crippen LogP contribution in [-0.4, -0.2) is 43.9 Å². The minimum absolute atomic E-state index is 0.473. The Balaban J connectivity index is 1.84. The normalized spacial score (nSPS) is 17.4. The summed E-state index contributed by atoms with van der Waals surface area (Å²) in [7, 11) is -3.51. The fourth-order valence-electron chi connectivity index (χ4n) is 2.20. The molecular formula is C12H16N4O3S. The predicted octanol–water partition coefficient (Wildman–Crippen LogP) is 0.698. The maximum Gasteiger partial charge on any atom is 0.301 e. The van der Waals surface area contributed by atoms with E-state index in [1.165, 1.54) is 4.31 Å². The second-order valence-electron chi connectivity index (χ2n) is 4.67. The molecule has 0 amide bonds. The first kappa shape index (κ1) is 13.3. The van der Waals surface area contributed by atoms with Crippen molar-refractivity contribution in [1.29, 1.82) is 0 Å². The number of oxazole rings is 1. The highest BCUT2D eigenvalue weighted by Crippen LogP contribution is 2.21. The number of hydrogen-bond acceptors (Lipinski definition) is 5. The van der Waals surface area contributed by atoms with E-state index in [2.05, 4.69) is 15.0 Å². The zero-order valence-corrected chi connectivity index (χ0v) is 11.9. The highest BCUT2D eigenvalue weighted by Gasteiger charge is 2.23. The van der Waals surface area contributed by atoms with Gasteiger partial charge in [0.15, 0.2) is 11.5 Å². The van der Waals surface area contributed by atoms with Crippen molar-refractivity contribution in [3.8, 4) is 0 Å². The Bertz CT molecular complexity index is 719. The molecule has 8 heteroatoms. The molecule has 108 valence electrons. The van der Waals surface area contributed by atoms with Crippen molar-refractivity contribution in [1.82, 2.24) is 14.6 Å². The molecule has 0 saturated carbocycles. The van der Waals surface area contributed by atoms with Crippen LogP contribution in [0.5, 0.6) is 0 Å². The van der Waals surface area contributed by atoms with Crippen LogP contribution in [0.1, 0.15) is 5.89 Å². The smallest absolute Gasteiger partial charge is 0.301 e. The van der Waals surface area contributed by atoms with E-state index in [1.807, 2.05) is 0 Å². The number of aryl methyl sites for hydroxylation is 1. The van der Waals surface area contributed by atoms with Gasteiger partial charge in [-0.05, 0) is 18.2 Å². The molecule has 20 heavy (non-hydrogen) atoms. The van der Waals surface area contributed by atoms with Gasteiger partial charge in [-0.15, -0.1) is 0 Å². The minimum Gasteiger partial charge on any atom is -0.441 e. The Kier molecular flexibility index (Phi) is 3.36. The fraction of sp³-hybridized carbons (Fsp3) is 0.417. The standard InChI is InChI=1S/C12H16N4O3S/c1-9-14-11-8-10(2-3-12(11)19-9)15-20(17,18)16-6-4-13-5-7-16/h2-3,8,13,15H,4-7H2,1H3. The van der Waals surface area contributed by atoms with Gasteiger partial charge in [-0.3, -0.25) is 4.72 Å². The lowest BCUT2D eigenvalue weighted by Gasteiger charge is -2.26. The van der Waals surface area contributed by atoms with Crippen molar-refractivity contribution < 1.29 is 12.8 Å². The van der Waals surface area contributed by atoms with Gasteiger partial charge in [-0.1, -0.05) is 0 Å². The Labute approximate surface area is 117 Å². The van der Waals surface area contributed by atoms with Gasteiger partial charge < -0.3 is 9.73 Å². The highest BCUT2D eigenvalue weighted by atomic mass is 32.2. The average molecular weight is 296 g/mol. The number of nitrogens with one attached hydrogen (secondary N) is 2. The molecule has 1 aliphatic heterocycles. The molecule has 7 nitrogen and oxygen atoms in total. The summed E-state index contributed by atoms with van der Waals surface area (Å²) in [6.07, 6.45) is 0. The maximum absolute atomic E-state index is 12.2. The van der Waals surface area contributed by atoms with Crippen LogP contribution < -0.4 is 10.0 Å². The molecule has 0 atom stereocenters. The van der Waals surface area contributed by atoms with Crippen molar-refractivity contribution in [2.24, 2.45) is 0 Å². The first-order chi connectivity index (χ1) is 9.54. The number of anilines is 1. The lowest BCUT2D eigenvalue weighted by Crippen LogP contribution is -2.48. The number of rotatable bonds is 3. The predicted molar refractivity (Wildman–Crippen MR) is 75.7 cm³/mol. The molecule has 2 aromatic rings. The lowest BCUT2D eigenvalue weighted by molar-refractivity contribution is 0.362.